The standard InChI is InChI=1S/C22H27N7O8/c1-4-35-20(33)11(3)6-23-17-14-18(28(10-24-14)19-16(32)15(31)13(9-30)37-19)27-22(26-17)29-8-12(7-25-29)21(34)36-5-2/h6-8,10,13,15-16,19,30-32H,4-5,9H2,1-3H3,(H,23,26,27)/b11-6-/t13-,15-,16-,19-/m1/s1. The first-order valence-electron chi connectivity index (χ1n) is 11.5. The average molecular weight is 517 g/mol. The molecule has 3 aromatic heterocycles. The average Bonchev–Trinajstić information content (AvgIpc) is 3.61. The lowest BCUT2D eigenvalue weighted by atomic mass is 10.1. The Bertz CT molecular complexity index is 1320. The third-order valence-electron chi connectivity index (χ3n) is 5.52. The van der Waals surface area contributed by atoms with E-state index in [2.05, 4.69) is 25.4 Å². The molecule has 198 valence electrons. The zero-order valence-corrected chi connectivity index (χ0v) is 20.3. The lowest BCUT2D eigenvalue weighted by Crippen LogP contribution is -2.33. The van der Waals surface area contributed by atoms with E-state index in [-0.39, 0.29) is 47.3 Å². The molecule has 37 heavy (non-hydrogen) atoms. The molecule has 0 saturated carbocycles. The van der Waals surface area contributed by atoms with Crippen LogP contribution in [0.5, 0.6) is 0 Å². The minimum atomic E-state index is -1.38. The second-order valence-corrected chi connectivity index (χ2v) is 8.01. The van der Waals surface area contributed by atoms with Gasteiger partial charge in [0.15, 0.2) is 23.2 Å². The maximum Gasteiger partial charge on any atom is 0.341 e. The van der Waals surface area contributed by atoms with Crippen molar-refractivity contribution in [3.8, 4) is 5.95 Å². The maximum atomic E-state index is 12.1. The number of imidazole rings is 1. The molecule has 4 N–H and O–H groups in total. The van der Waals surface area contributed by atoms with Crippen LogP contribution in [0.25, 0.3) is 17.1 Å². The minimum Gasteiger partial charge on any atom is -0.463 e. The van der Waals surface area contributed by atoms with Crippen molar-refractivity contribution in [2.75, 3.05) is 25.1 Å². The van der Waals surface area contributed by atoms with E-state index in [9.17, 15) is 24.9 Å². The Morgan fingerprint density at radius 3 is 2.62 bits per heavy atom. The van der Waals surface area contributed by atoms with E-state index in [1.54, 1.807) is 20.8 Å². The Hall–Kier alpha value is -3.92. The quantitative estimate of drug-likeness (QED) is 0.213. The Kier molecular flexibility index (Phi) is 7.77. The molecule has 1 saturated heterocycles. The van der Waals surface area contributed by atoms with Gasteiger partial charge in [0.2, 0.25) is 0 Å². The van der Waals surface area contributed by atoms with Crippen LogP contribution >= 0.6 is 0 Å². The molecule has 4 heterocycles. The highest BCUT2D eigenvalue weighted by Crippen LogP contribution is 2.32. The lowest BCUT2D eigenvalue weighted by Gasteiger charge is -2.17. The number of rotatable bonds is 9. The number of carbonyl (C=O) groups excluding carboxylic acids is 2. The molecule has 3 aromatic rings. The number of anilines is 1. The summed E-state index contributed by atoms with van der Waals surface area (Å²) in [6.07, 6.45) is 0.575. The van der Waals surface area contributed by atoms with Crippen LogP contribution in [0.1, 0.15) is 37.4 Å². The summed E-state index contributed by atoms with van der Waals surface area (Å²) in [5.41, 5.74) is 0.863. The molecule has 0 bridgehead atoms. The fraction of sp³-hybridized carbons (Fsp3) is 0.455. The van der Waals surface area contributed by atoms with Gasteiger partial charge in [-0.15, -0.1) is 0 Å². The summed E-state index contributed by atoms with van der Waals surface area (Å²) in [7, 11) is 0. The predicted molar refractivity (Wildman–Crippen MR) is 125 cm³/mol. The van der Waals surface area contributed by atoms with Gasteiger partial charge in [0.05, 0.1) is 43.5 Å². The fourth-order valence-electron chi connectivity index (χ4n) is 3.64. The summed E-state index contributed by atoms with van der Waals surface area (Å²) in [6, 6.07) is 0. The molecular weight excluding hydrogens is 490 g/mol. The van der Waals surface area contributed by atoms with E-state index in [0.29, 0.717) is 0 Å². The second-order valence-electron chi connectivity index (χ2n) is 8.01. The highest BCUT2D eigenvalue weighted by molar-refractivity contribution is 5.90. The van der Waals surface area contributed by atoms with Gasteiger partial charge in [-0.1, -0.05) is 0 Å². The number of aromatic nitrogens is 6. The van der Waals surface area contributed by atoms with E-state index >= 15 is 0 Å². The van der Waals surface area contributed by atoms with Crippen molar-refractivity contribution in [1.82, 2.24) is 29.3 Å². The van der Waals surface area contributed by atoms with Crippen LogP contribution in [0.3, 0.4) is 0 Å². The number of nitrogens with one attached hydrogen (secondary N) is 1. The Morgan fingerprint density at radius 1 is 1.19 bits per heavy atom. The van der Waals surface area contributed by atoms with Crippen molar-refractivity contribution < 1.29 is 39.1 Å². The van der Waals surface area contributed by atoms with E-state index < -0.39 is 43.1 Å². The monoisotopic (exact) mass is 517 g/mol. The normalized spacial score (nSPS) is 21.8. The number of hydrogen-bond donors (Lipinski definition) is 4. The Morgan fingerprint density at radius 2 is 1.95 bits per heavy atom. The van der Waals surface area contributed by atoms with Crippen LogP contribution in [0.4, 0.5) is 5.82 Å². The predicted octanol–water partition coefficient (Wildman–Crippen LogP) is -0.321. The maximum absolute atomic E-state index is 12.1. The first-order chi connectivity index (χ1) is 17.8. The van der Waals surface area contributed by atoms with Gasteiger partial charge in [0.25, 0.3) is 5.95 Å². The van der Waals surface area contributed by atoms with Gasteiger partial charge in [-0.25, -0.2) is 19.3 Å². The van der Waals surface area contributed by atoms with Crippen LogP contribution < -0.4 is 5.32 Å². The van der Waals surface area contributed by atoms with Crippen LogP contribution in [-0.2, 0) is 19.0 Å². The number of carbonyl (C=O) groups is 2. The zero-order valence-electron chi connectivity index (χ0n) is 20.3. The molecule has 1 aliphatic rings. The summed E-state index contributed by atoms with van der Waals surface area (Å²) in [4.78, 5) is 37.3. The van der Waals surface area contributed by atoms with Crippen molar-refractivity contribution in [1.29, 1.82) is 0 Å². The van der Waals surface area contributed by atoms with Crippen molar-refractivity contribution in [3.63, 3.8) is 0 Å². The molecule has 15 nitrogen and oxygen atoms in total. The lowest BCUT2D eigenvalue weighted by molar-refractivity contribution is -0.138. The molecule has 15 heteroatoms. The van der Waals surface area contributed by atoms with Crippen molar-refractivity contribution in [2.24, 2.45) is 0 Å². The van der Waals surface area contributed by atoms with Gasteiger partial charge in [0, 0.05) is 12.4 Å². The number of fused-ring (bicyclic) bond motifs is 1. The van der Waals surface area contributed by atoms with Crippen LogP contribution in [0.2, 0.25) is 0 Å². The third kappa shape index (κ3) is 5.15. The SMILES string of the molecule is CCOC(=O)/C(C)=C\Nc1nc(-n2cc(C(=O)OCC)cn2)nc2c1ncn2[C@@H]1O[C@H](CO)[C@@H](O)[C@H]1O. The minimum absolute atomic E-state index is 0.0150. The zero-order chi connectivity index (χ0) is 26.7. The second kappa shape index (κ2) is 11.0. The summed E-state index contributed by atoms with van der Waals surface area (Å²) in [5, 5.41) is 37.2. The summed E-state index contributed by atoms with van der Waals surface area (Å²) in [5.74, 6) is -0.912. The van der Waals surface area contributed by atoms with Gasteiger partial charge >= 0.3 is 11.9 Å². The molecule has 0 radical (unpaired) electrons. The molecular formula is C22H27N7O8. The number of ether oxygens (including phenoxy) is 3. The highest BCUT2D eigenvalue weighted by Gasteiger charge is 2.44. The van der Waals surface area contributed by atoms with Crippen LogP contribution in [0, 0.1) is 0 Å². The van der Waals surface area contributed by atoms with Gasteiger partial charge in [-0.3, -0.25) is 4.57 Å². The molecule has 0 spiro atoms. The molecule has 0 aliphatic carbocycles. The summed E-state index contributed by atoms with van der Waals surface area (Å²) >= 11 is 0. The van der Waals surface area contributed by atoms with Crippen LogP contribution in [0.15, 0.2) is 30.5 Å². The highest BCUT2D eigenvalue weighted by atomic mass is 16.6. The third-order valence-corrected chi connectivity index (χ3v) is 5.52. The van der Waals surface area contributed by atoms with E-state index in [0.717, 1.165) is 0 Å². The van der Waals surface area contributed by atoms with Crippen molar-refractivity contribution in [3.05, 3.63) is 36.1 Å². The summed E-state index contributed by atoms with van der Waals surface area (Å²) < 4.78 is 18.2. The van der Waals surface area contributed by atoms with Crippen molar-refractivity contribution >= 4 is 28.9 Å². The molecule has 0 unspecified atom stereocenters. The number of esters is 2. The van der Waals surface area contributed by atoms with Crippen LogP contribution in [-0.4, -0.2) is 94.7 Å². The number of aliphatic hydroxyl groups is 3. The number of hydrogen-bond acceptors (Lipinski definition) is 13. The van der Waals surface area contributed by atoms with Gasteiger partial charge in [-0.05, 0) is 20.8 Å². The molecule has 4 atom stereocenters. The molecule has 0 aromatic carbocycles. The Labute approximate surface area is 210 Å². The van der Waals surface area contributed by atoms with Gasteiger partial charge in [0.1, 0.15) is 18.3 Å². The van der Waals surface area contributed by atoms with Gasteiger partial charge in [-0.2, -0.15) is 15.1 Å². The number of nitrogens with zero attached hydrogens (tertiary/aromatic N) is 6. The van der Waals surface area contributed by atoms with E-state index in [1.807, 2.05) is 0 Å². The van der Waals surface area contributed by atoms with Gasteiger partial charge < -0.3 is 34.8 Å². The summed E-state index contributed by atoms with van der Waals surface area (Å²) in [6.45, 7) is 4.83. The first-order valence-corrected chi connectivity index (χ1v) is 11.5. The molecule has 1 aliphatic heterocycles. The fourth-order valence-corrected chi connectivity index (χ4v) is 3.64. The topological polar surface area (TPSA) is 196 Å². The van der Waals surface area contributed by atoms with E-state index in [4.69, 9.17) is 14.2 Å². The van der Waals surface area contributed by atoms with Crippen molar-refractivity contribution in [2.45, 2.75) is 45.3 Å². The Balaban J connectivity index is 1.79. The smallest absolute Gasteiger partial charge is 0.341 e. The number of aliphatic hydroxyl groups excluding tert-OH is 3. The molecule has 0 amide bonds. The van der Waals surface area contributed by atoms with E-state index in [1.165, 1.54) is 34.2 Å². The molecule has 1 fully saturated rings. The largest absolute Gasteiger partial charge is 0.463 e. The molecule has 4 rings (SSSR count). The first kappa shape index (κ1) is 26.2.